The van der Waals surface area contributed by atoms with Gasteiger partial charge < -0.3 is 5.32 Å². The lowest BCUT2D eigenvalue weighted by Gasteiger charge is -2.24. The minimum Gasteiger partial charge on any atom is -0.304 e. The van der Waals surface area contributed by atoms with Crippen LogP contribution < -0.4 is 5.32 Å². The molecule has 1 aromatic rings. The van der Waals surface area contributed by atoms with Crippen molar-refractivity contribution in [3.8, 4) is 0 Å². The fourth-order valence-electron chi connectivity index (χ4n) is 3.36. The number of hydrogen-bond acceptors (Lipinski definition) is 4. The summed E-state index contributed by atoms with van der Waals surface area (Å²) in [5, 5.41) is 5.06. The second-order valence-corrected chi connectivity index (χ2v) is 6.69. The van der Waals surface area contributed by atoms with E-state index in [9.17, 15) is 0 Å². The summed E-state index contributed by atoms with van der Waals surface area (Å²) < 4.78 is 0. The number of hydrogen-bond donors (Lipinski definition) is 1. The van der Waals surface area contributed by atoms with Gasteiger partial charge in [-0.15, -0.1) is 11.3 Å². The summed E-state index contributed by atoms with van der Waals surface area (Å²) in [6.45, 7) is 7.06. The zero-order valence-corrected chi connectivity index (χ0v) is 12.2. The Morgan fingerprint density at radius 2 is 2.39 bits per heavy atom. The number of aryl methyl sites for hydroxylation is 1. The van der Waals surface area contributed by atoms with Gasteiger partial charge in [0.2, 0.25) is 0 Å². The Kier molecular flexibility index (Phi) is 3.68. The maximum absolute atomic E-state index is 4.56. The molecule has 0 saturated carbocycles. The van der Waals surface area contributed by atoms with Crippen LogP contribution in [0.1, 0.15) is 49.0 Å². The van der Waals surface area contributed by atoms with Gasteiger partial charge >= 0.3 is 0 Å². The summed E-state index contributed by atoms with van der Waals surface area (Å²) in [4.78, 5) is 8.61. The molecule has 0 amide bonds. The van der Waals surface area contributed by atoms with Crippen LogP contribution in [-0.4, -0.2) is 35.1 Å². The van der Waals surface area contributed by atoms with E-state index in [2.05, 4.69) is 29.0 Å². The maximum Gasteiger partial charge on any atom is 0.109 e. The van der Waals surface area contributed by atoms with Crippen LogP contribution in [0, 0.1) is 0 Å². The third-order valence-corrected chi connectivity index (χ3v) is 5.68. The predicted octanol–water partition coefficient (Wildman–Crippen LogP) is 2.59. The largest absolute Gasteiger partial charge is 0.304 e. The monoisotopic (exact) mass is 265 g/mol. The Bertz CT molecular complexity index is 403. The van der Waals surface area contributed by atoms with Crippen molar-refractivity contribution >= 4 is 11.3 Å². The van der Waals surface area contributed by atoms with Gasteiger partial charge in [0.15, 0.2) is 0 Å². The Morgan fingerprint density at radius 3 is 3.17 bits per heavy atom. The molecule has 1 aromatic heterocycles. The lowest BCUT2D eigenvalue weighted by atomic mass is 10.1. The van der Waals surface area contributed by atoms with Gasteiger partial charge in [-0.05, 0) is 39.2 Å². The SMILES string of the molecule is CCc1cnc(C(C)NC2CCN3CCCC23)s1. The maximum atomic E-state index is 4.56. The number of fused-ring (bicyclic) bond motifs is 1. The number of aromatic nitrogens is 1. The molecule has 3 heterocycles. The second-order valence-electron chi connectivity index (χ2n) is 5.55. The summed E-state index contributed by atoms with van der Waals surface area (Å²) in [6, 6.07) is 1.87. The van der Waals surface area contributed by atoms with E-state index in [1.165, 1.54) is 42.2 Å². The zero-order chi connectivity index (χ0) is 12.5. The van der Waals surface area contributed by atoms with Crippen LogP contribution in [0.25, 0.3) is 0 Å². The Labute approximate surface area is 114 Å². The second kappa shape index (κ2) is 5.27. The molecule has 3 unspecified atom stereocenters. The smallest absolute Gasteiger partial charge is 0.109 e. The molecule has 0 aliphatic carbocycles. The zero-order valence-electron chi connectivity index (χ0n) is 11.4. The van der Waals surface area contributed by atoms with Crippen molar-refractivity contribution in [3.05, 3.63) is 16.1 Å². The first-order valence-electron chi connectivity index (χ1n) is 7.22. The normalized spacial score (nSPS) is 29.7. The van der Waals surface area contributed by atoms with Gasteiger partial charge in [0.05, 0.1) is 6.04 Å². The van der Waals surface area contributed by atoms with E-state index in [4.69, 9.17) is 0 Å². The highest BCUT2D eigenvalue weighted by Gasteiger charge is 2.37. The molecule has 0 bridgehead atoms. The van der Waals surface area contributed by atoms with Crippen molar-refractivity contribution < 1.29 is 0 Å². The minimum atomic E-state index is 0.404. The standard InChI is InChI=1S/C14H23N3S/c1-3-11-9-15-14(18-11)10(2)16-12-6-8-17-7-4-5-13(12)17/h9-10,12-13,16H,3-8H2,1-2H3. The minimum absolute atomic E-state index is 0.404. The molecule has 0 radical (unpaired) electrons. The average Bonchev–Trinajstić information content (AvgIpc) is 3.05. The van der Waals surface area contributed by atoms with Gasteiger partial charge in [0, 0.05) is 29.7 Å². The fourth-order valence-corrected chi connectivity index (χ4v) is 4.22. The summed E-state index contributed by atoms with van der Waals surface area (Å²) in [6.07, 6.45) is 7.21. The van der Waals surface area contributed by atoms with Crippen molar-refractivity contribution in [2.45, 2.75) is 57.7 Å². The number of nitrogens with one attached hydrogen (secondary N) is 1. The summed E-state index contributed by atoms with van der Waals surface area (Å²) in [7, 11) is 0. The van der Waals surface area contributed by atoms with Crippen LogP contribution in [0.2, 0.25) is 0 Å². The summed E-state index contributed by atoms with van der Waals surface area (Å²) in [5.74, 6) is 0. The van der Waals surface area contributed by atoms with E-state index in [-0.39, 0.29) is 0 Å². The van der Waals surface area contributed by atoms with Gasteiger partial charge in [-0.1, -0.05) is 6.92 Å². The Morgan fingerprint density at radius 1 is 1.50 bits per heavy atom. The van der Waals surface area contributed by atoms with Crippen LogP contribution in [0.5, 0.6) is 0 Å². The molecule has 0 spiro atoms. The number of rotatable bonds is 4. The van der Waals surface area contributed by atoms with Crippen molar-refractivity contribution in [1.29, 1.82) is 0 Å². The highest BCUT2D eigenvalue weighted by Crippen LogP contribution is 2.30. The van der Waals surface area contributed by atoms with Crippen molar-refractivity contribution in [2.75, 3.05) is 13.1 Å². The molecular weight excluding hydrogens is 242 g/mol. The average molecular weight is 265 g/mol. The molecule has 100 valence electrons. The summed E-state index contributed by atoms with van der Waals surface area (Å²) >= 11 is 1.86. The first-order chi connectivity index (χ1) is 8.78. The van der Waals surface area contributed by atoms with Crippen LogP contribution >= 0.6 is 11.3 Å². The molecular formula is C14H23N3S. The van der Waals surface area contributed by atoms with Gasteiger partial charge in [0.1, 0.15) is 5.01 Å². The quantitative estimate of drug-likeness (QED) is 0.907. The molecule has 3 nitrogen and oxygen atoms in total. The van der Waals surface area contributed by atoms with E-state index < -0.39 is 0 Å². The third kappa shape index (κ3) is 2.33. The fraction of sp³-hybridized carbons (Fsp3) is 0.786. The Hall–Kier alpha value is -0.450. The molecule has 3 atom stereocenters. The Balaban J connectivity index is 1.62. The molecule has 3 rings (SSSR count). The molecule has 1 N–H and O–H groups in total. The molecule has 2 fully saturated rings. The summed E-state index contributed by atoms with van der Waals surface area (Å²) in [5.41, 5.74) is 0. The van der Waals surface area contributed by atoms with Crippen molar-refractivity contribution in [3.63, 3.8) is 0 Å². The van der Waals surface area contributed by atoms with Crippen LogP contribution in [0.4, 0.5) is 0 Å². The third-order valence-electron chi connectivity index (χ3n) is 4.36. The van der Waals surface area contributed by atoms with Crippen LogP contribution in [-0.2, 0) is 6.42 Å². The van der Waals surface area contributed by atoms with E-state index in [0.29, 0.717) is 12.1 Å². The van der Waals surface area contributed by atoms with Gasteiger partial charge in [0.25, 0.3) is 0 Å². The number of nitrogens with zero attached hydrogens (tertiary/aromatic N) is 2. The molecule has 18 heavy (non-hydrogen) atoms. The first-order valence-corrected chi connectivity index (χ1v) is 8.04. The predicted molar refractivity (Wildman–Crippen MR) is 76.0 cm³/mol. The highest BCUT2D eigenvalue weighted by atomic mass is 32.1. The van der Waals surface area contributed by atoms with Gasteiger partial charge in [-0.2, -0.15) is 0 Å². The van der Waals surface area contributed by atoms with Crippen LogP contribution in [0.3, 0.4) is 0 Å². The van der Waals surface area contributed by atoms with Gasteiger partial charge in [-0.25, -0.2) is 4.98 Å². The molecule has 2 aliphatic heterocycles. The topological polar surface area (TPSA) is 28.2 Å². The lowest BCUT2D eigenvalue weighted by molar-refractivity contribution is 0.291. The van der Waals surface area contributed by atoms with Crippen molar-refractivity contribution in [2.24, 2.45) is 0 Å². The van der Waals surface area contributed by atoms with E-state index >= 15 is 0 Å². The molecule has 2 saturated heterocycles. The van der Waals surface area contributed by atoms with Crippen molar-refractivity contribution in [1.82, 2.24) is 15.2 Å². The van der Waals surface area contributed by atoms with E-state index in [1.807, 2.05) is 17.5 Å². The van der Waals surface area contributed by atoms with E-state index in [1.54, 1.807) is 0 Å². The first kappa shape index (κ1) is 12.6. The lowest BCUT2D eigenvalue weighted by Crippen LogP contribution is -2.40. The highest BCUT2D eigenvalue weighted by molar-refractivity contribution is 7.11. The van der Waals surface area contributed by atoms with Gasteiger partial charge in [-0.3, -0.25) is 4.90 Å². The van der Waals surface area contributed by atoms with Crippen LogP contribution in [0.15, 0.2) is 6.20 Å². The molecule has 0 aromatic carbocycles. The van der Waals surface area contributed by atoms with E-state index in [0.717, 1.165) is 12.5 Å². The number of thiazole rings is 1. The molecule has 2 aliphatic rings. The molecule has 4 heteroatoms.